The molecule has 4 N–H and O–H groups in total. The van der Waals surface area contributed by atoms with Gasteiger partial charge in [-0.2, -0.15) is 16.8 Å². The number of anilines is 1. The van der Waals surface area contributed by atoms with Gasteiger partial charge in [0.25, 0.3) is 20.2 Å². The molecule has 0 saturated heterocycles. The van der Waals surface area contributed by atoms with E-state index in [1.165, 1.54) is 6.07 Å². The van der Waals surface area contributed by atoms with Gasteiger partial charge in [0.15, 0.2) is 0 Å². The topological polar surface area (TPSA) is 135 Å². The minimum absolute atomic E-state index is 0.0647. The van der Waals surface area contributed by atoms with Gasteiger partial charge >= 0.3 is 0 Å². The van der Waals surface area contributed by atoms with Crippen LogP contribution in [0.4, 0.5) is 5.69 Å². The van der Waals surface area contributed by atoms with E-state index in [4.69, 9.17) is 14.8 Å². The lowest BCUT2D eigenvalue weighted by Gasteiger charge is -2.07. The molecular formula is C10H9NO6S2. The quantitative estimate of drug-likeness (QED) is 0.554. The Morgan fingerprint density at radius 3 is 2.00 bits per heavy atom. The van der Waals surface area contributed by atoms with Gasteiger partial charge in [0.1, 0.15) is 4.90 Å². The van der Waals surface area contributed by atoms with Crippen molar-refractivity contribution in [2.45, 2.75) is 9.79 Å². The lowest BCUT2D eigenvalue weighted by atomic mass is 10.1. The molecule has 7 nitrogen and oxygen atoms in total. The summed E-state index contributed by atoms with van der Waals surface area (Å²) in [6.45, 7) is 0. The zero-order valence-corrected chi connectivity index (χ0v) is 10.9. The van der Waals surface area contributed by atoms with Crippen LogP contribution in [0.3, 0.4) is 0 Å². The smallest absolute Gasteiger partial charge is 0.295 e. The van der Waals surface area contributed by atoms with Crippen molar-refractivity contribution in [3.63, 3.8) is 0 Å². The Bertz CT molecular complexity index is 870. The minimum atomic E-state index is -4.46. The van der Waals surface area contributed by atoms with Crippen LogP contribution in [0.25, 0.3) is 10.8 Å². The zero-order chi connectivity index (χ0) is 14.4. The van der Waals surface area contributed by atoms with E-state index in [1.54, 1.807) is 0 Å². The van der Waals surface area contributed by atoms with Crippen molar-refractivity contribution < 1.29 is 25.9 Å². The molecule has 0 unspecified atom stereocenters. The summed E-state index contributed by atoms with van der Waals surface area (Å²) in [6, 6.07) is 5.54. The Labute approximate surface area is 109 Å². The Kier molecular flexibility index (Phi) is 3.01. The van der Waals surface area contributed by atoms with E-state index >= 15 is 0 Å². The third-order valence-corrected chi connectivity index (χ3v) is 4.32. The Morgan fingerprint density at radius 1 is 0.842 bits per heavy atom. The number of rotatable bonds is 2. The average Bonchev–Trinajstić information content (AvgIpc) is 2.26. The van der Waals surface area contributed by atoms with E-state index in [2.05, 4.69) is 0 Å². The molecule has 0 heterocycles. The van der Waals surface area contributed by atoms with Gasteiger partial charge in [0, 0.05) is 16.5 Å². The molecule has 2 aromatic carbocycles. The van der Waals surface area contributed by atoms with Crippen LogP contribution in [0, 0.1) is 0 Å². The van der Waals surface area contributed by atoms with Crippen molar-refractivity contribution in [3.05, 3.63) is 30.3 Å². The zero-order valence-electron chi connectivity index (χ0n) is 9.31. The highest BCUT2D eigenvalue weighted by Gasteiger charge is 2.17. The number of nitrogens with two attached hydrogens (primary N) is 1. The largest absolute Gasteiger partial charge is 0.398 e. The molecule has 0 radical (unpaired) electrons. The fourth-order valence-corrected chi connectivity index (χ4v) is 2.91. The molecular weight excluding hydrogens is 294 g/mol. The summed E-state index contributed by atoms with van der Waals surface area (Å²) in [7, 11) is -8.89. The summed E-state index contributed by atoms with van der Waals surface area (Å²) >= 11 is 0. The molecule has 0 aliphatic heterocycles. The molecule has 0 amide bonds. The summed E-state index contributed by atoms with van der Waals surface area (Å²) in [4.78, 5) is -0.808. The van der Waals surface area contributed by atoms with Crippen molar-refractivity contribution in [2.75, 3.05) is 5.73 Å². The third-order valence-electron chi connectivity index (χ3n) is 2.56. The van der Waals surface area contributed by atoms with E-state index in [-0.39, 0.29) is 16.5 Å². The Balaban J connectivity index is 2.93. The van der Waals surface area contributed by atoms with E-state index in [0.717, 1.165) is 24.3 Å². The molecule has 0 aliphatic carbocycles. The lowest BCUT2D eigenvalue weighted by Crippen LogP contribution is -2.02. The lowest BCUT2D eigenvalue weighted by molar-refractivity contribution is 0.482. The minimum Gasteiger partial charge on any atom is -0.398 e. The van der Waals surface area contributed by atoms with Crippen molar-refractivity contribution in [1.82, 2.24) is 0 Å². The second-order valence-electron chi connectivity index (χ2n) is 3.81. The summed E-state index contributed by atoms with van der Waals surface area (Å²) in [5.74, 6) is 0. The van der Waals surface area contributed by atoms with Crippen LogP contribution < -0.4 is 5.73 Å². The molecule has 0 bridgehead atoms. The molecule has 0 spiro atoms. The van der Waals surface area contributed by atoms with Crippen molar-refractivity contribution >= 4 is 36.7 Å². The van der Waals surface area contributed by atoms with Gasteiger partial charge in [-0.15, -0.1) is 0 Å². The maximum Gasteiger partial charge on any atom is 0.295 e. The van der Waals surface area contributed by atoms with Crippen LogP contribution in [0.5, 0.6) is 0 Å². The predicted octanol–water partition coefficient (Wildman–Crippen LogP) is 0.915. The predicted molar refractivity (Wildman–Crippen MR) is 68.0 cm³/mol. The molecule has 102 valence electrons. The van der Waals surface area contributed by atoms with Gasteiger partial charge in [0.2, 0.25) is 0 Å². The standard InChI is InChI=1S/C10H9NO6S2/c11-9-3-4-10(19(15,16)17)7-2-1-6(5-8(7)9)18(12,13)14/h1-5H,11H2,(H,12,13,14)(H,15,16,17). The van der Waals surface area contributed by atoms with Crippen LogP contribution in [0.15, 0.2) is 40.1 Å². The maximum atomic E-state index is 11.2. The second kappa shape index (κ2) is 4.17. The number of nitrogen functional groups attached to an aromatic ring is 1. The molecule has 0 fully saturated rings. The highest BCUT2D eigenvalue weighted by atomic mass is 32.2. The van der Waals surface area contributed by atoms with Crippen molar-refractivity contribution in [3.8, 4) is 0 Å². The number of fused-ring (bicyclic) bond motifs is 1. The van der Waals surface area contributed by atoms with Crippen LogP contribution >= 0.6 is 0 Å². The first-order chi connectivity index (χ1) is 8.60. The molecule has 0 saturated carbocycles. The number of hydrogen-bond donors (Lipinski definition) is 3. The van der Waals surface area contributed by atoms with Gasteiger partial charge in [-0.1, -0.05) is 6.07 Å². The van der Waals surface area contributed by atoms with Crippen LogP contribution in [0.1, 0.15) is 0 Å². The van der Waals surface area contributed by atoms with Gasteiger partial charge in [-0.05, 0) is 24.3 Å². The second-order valence-corrected chi connectivity index (χ2v) is 6.62. The Hall–Kier alpha value is -1.68. The molecule has 2 rings (SSSR count). The summed E-state index contributed by atoms with van der Waals surface area (Å²) in [5.41, 5.74) is 5.75. The summed E-state index contributed by atoms with van der Waals surface area (Å²) in [6.07, 6.45) is 0. The van der Waals surface area contributed by atoms with Crippen LogP contribution in [0.2, 0.25) is 0 Å². The maximum absolute atomic E-state index is 11.2. The monoisotopic (exact) mass is 303 g/mol. The van der Waals surface area contributed by atoms with E-state index in [0.29, 0.717) is 0 Å². The Morgan fingerprint density at radius 2 is 1.47 bits per heavy atom. The highest BCUT2D eigenvalue weighted by Crippen LogP contribution is 2.29. The highest BCUT2D eigenvalue weighted by molar-refractivity contribution is 7.86. The molecule has 0 aliphatic rings. The first-order valence-corrected chi connectivity index (χ1v) is 7.76. The molecule has 0 atom stereocenters. The molecule has 2 aromatic rings. The first kappa shape index (κ1) is 13.7. The van der Waals surface area contributed by atoms with E-state index in [1.807, 2.05) is 0 Å². The summed E-state index contributed by atoms with van der Waals surface area (Å²) in [5, 5.41) is 0.167. The van der Waals surface area contributed by atoms with Gasteiger partial charge < -0.3 is 5.73 Å². The van der Waals surface area contributed by atoms with E-state index in [9.17, 15) is 16.8 Å². The average molecular weight is 303 g/mol. The normalized spacial score (nSPS) is 12.7. The number of benzene rings is 2. The van der Waals surface area contributed by atoms with Crippen molar-refractivity contribution in [2.24, 2.45) is 0 Å². The van der Waals surface area contributed by atoms with Gasteiger partial charge in [-0.3, -0.25) is 9.11 Å². The summed E-state index contributed by atoms with van der Waals surface area (Å²) < 4.78 is 62.4. The van der Waals surface area contributed by atoms with Gasteiger partial charge in [0.05, 0.1) is 4.90 Å². The first-order valence-electron chi connectivity index (χ1n) is 4.88. The molecule has 0 aromatic heterocycles. The van der Waals surface area contributed by atoms with Crippen LogP contribution in [-0.2, 0) is 20.2 Å². The molecule has 19 heavy (non-hydrogen) atoms. The fourth-order valence-electron chi connectivity index (χ4n) is 1.71. The molecule has 9 heteroatoms. The van der Waals surface area contributed by atoms with E-state index < -0.39 is 30.0 Å². The number of hydrogen-bond acceptors (Lipinski definition) is 5. The van der Waals surface area contributed by atoms with Crippen LogP contribution in [-0.4, -0.2) is 25.9 Å². The third kappa shape index (κ3) is 2.54. The van der Waals surface area contributed by atoms with Crippen molar-refractivity contribution in [1.29, 1.82) is 0 Å². The fraction of sp³-hybridized carbons (Fsp3) is 0. The SMILES string of the molecule is Nc1ccc(S(=O)(=O)O)c2ccc(S(=O)(=O)O)cc12. The van der Waals surface area contributed by atoms with Gasteiger partial charge in [-0.25, -0.2) is 0 Å².